The summed E-state index contributed by atoms with van der Waals surface area (Å²) in [6.45, 7) is 1.92. The molecule has 5 nitrogen and oxygen atoms in total. The van der Waals surface area contributed by atoms with Crippen LogP contribution in [0.25, 0.3) is 5.69 Å². The molecular weight excluding hydrogens is 392 g/mol. The van der Waals surface area contributed by atoms with E-state index in [1.807, 2.05) is 61.5 Å². The van der Waals surface area contributed by atoms with Gasteiger partial charge in [0.15, 0.2) is 0 Å². The number of allylic oxidation sites excluding steroid dienone is 1. The molecule has 128 valence electrons. The standard InChI is InChI=1S/C20H15BrN4O/c1-12-17-18(13-7-9-14(21)10-8-13)16(11-22)19(23)26-20(17)25(24-12)15-5-3-2-4-6-15/h2-10,18H,23H2,1H3. The van der Waals surface area contributed by atoms with Crippen LogP contribution in [0.4, 0.5) is 0 Å². The number of benzene rings is 2. The summed E-state index contributed by atoms with van der Waals surface area (Å²) in [7, 11) is 0. The molecule has 4 rings (SSSR count). The van der Waals surface area contributed by atoms with Crippen LogP contribution in [0.2, 0.25) is 0 Å². The predicted octanol–water partition coefficient (Wildman–Crippen LogP) is 4.16. The van der Waals surface area contributed by atoms with Gasteiger partial charge >= 0.3 is 0 Å². The molecule has 0 spiro atoms. The van der Waals surface area contributed by atoms with Crippen molar-refractivity contribution < 1.29 is 4.74 Å². The second-order valence-electron chi connectivity index (χ2n) is 6.03. The van der Waals surface area contributed by atoms with Gasteiger partial charge in [-0.25, -0.2) is 4.68 Å². The highest BCUT2D eigenvalue weighted by Crippen LogP contribution is 2.44. The first-order valence-electron chi connectivity index (χ1n) is 8.08. The first kappa shape index (κ1) is 16.4. The molecule has 1 atom stereocenters. The first-order valence-corrected chi connectivity index (χ1v) is 8.87. The molecule has 3 aromatic rings. The zero-order valence-electron chi connectivity index (χ0n) is 14.0. The highest BCUT2D eigenvalue weighted by molar-refractivity contribution is 9.10. The van der Waals surface area contributed by atoms with E-state index in [1.54, 1.807) is 4.68 Å². The lowest BCUT2D eigenvalue weighted by Gasteiger charge is -2.25. The molecule has 2 aromatic carbocycles. The normalized spacial score (nSPS) is 16.0. The molecule has 1 aliphatic heterocycles. The van der Waals surface area contributed by atoms with Crippen molar-refractivity contribution >= 4 is 15.9 Å². The lowest BCUT2D eigenvalue weighted by atomic mass is 9.84. The molecule has 0 aliphatic carbocycles. The Labute approximate surface area is 159 Å². The minimum Gasteiger partial charge on any atom is -0.422 e. The summed E-state index contributed by atoms with van der Waals surface area (Å²) in [5.41, 5.74) is 10.0. The summed E-state index contributed by atoms with van der Waals surface area (Å²) >= 11 is 3.45. The Balaban J connectivity index is 1.95. The molecule has 2 heterocycles. The molecule has 6 heteroatoms. The Bertz CT molecular complexity index is 1050. The van der Waals surface area contributed by atoms with E-state index in [-0.39, 0.29) is 11.8 Å². The van der Waals surface area contributed by atoms with Crippen molar-refractivity contribution in [2.24, 2.45) is 5.73 Å². The lowest BCUT2D eigenvalue weighted by molar-refractivity contribution is 0.367. The molecule has 0 amide bonds. The zero-order chi connectivity index (χ0) is 18.3. The monoisotopic (exact) mass is 406 g/mol. The van der Waals surface area contributed by atoms with E-state index in [4.69, 9.17) is 10.5 Å². The van der Waals surface area contributed by atoms with Crippen LogP contribution in [-0.2, 0) is 0 Å². The third-order valence-corrected chi connectivity index (χ3v) is 4.97. The van der Waals surface area contributed by atoms with Gasteiger partial charge < -0.3 is 10.5 Å². The number of rotatable bonds is 2. The average Bonchev–Trinajstić information content (AvgIpc) is 2.98. The van der Waals surface area contributed by atoms with E-state index in [0.29, 0.717) is 11.5 Å². The Morgan fingerprint density at radius 1 is 1.15 bits per heavy atom. The van der Waals surface area contributed by atoms with Crippen molar-refractivity contribution in [3.8, 4) is 17.6 Å². The number of ether oxygens (including phenoxy) is 1. The molecule has 0 bridgehead atoms. The van der Waals surface area contributed by atoms with Crippen LogP contribution < -0.4 is 10.5 Å². The van der Waals surface area contributed by atoms with Crippen LogP contribution in [0, 0.1) is 18.3 Å². The minimum atomic E-state index is -0.311. The van der Waals surface area contributed by atoms with Gasteiger partial charge in [0.1, 0.15) is 11.6 Å². The van der Waals surface area contributed by atoms with E-state index in [1.165, 1.54) is 0 Å². The van der Waals surface area contributed by atoms with Gasteiger partial charge in [0.25, 0.3) is 0 Å². The van der Waals surface area contributed by atoms with Crippen molar-refractivity contribution in [3.63, 3.8) is 0 Å². The molecule has 1 aromatic heterocycles. The maximum atomic E-state index is 9.68. The van der Waals surface area contributed by atoms with Gasteiger partial charge in [-0.05, 0) is 36.8 Å². The maximum Gasteiger partial charge on any atom is 0.229 e. The zero-order valence-corrected chi connectivity index (χ0v) is 15.6. The SMILES string of the molecule is Cc1nn(-c2ccccc2)c2c1C(c1ccc(Br)cc1)C(C#N)=C(N)O2. The van der Waals surface area contributed by atoms with Gasteiger partial charge in [-0.2, -0.15) is 10.4 Å². The fourth-order valence-electron chi connectivity index (χ4n) is 3.25. The molecule has 1 unspecified atom stereocenters. The van der Waals surface area contributed by atoms with Crippen molar-refractivity contribution in [2.75, 3.05) is 0 Å². The maximum absolute atomic E-state index is 9.68. The molecule has 0 saturated carbocycles. The molecule has 1 aliphatic rings. The smallest absolute Gasteiger partial charge is 0.229 e. The Hall–Kier alpha value is -3.04. The number of halogens is 1. The lowest BCUT2D eigenvalue weighted by Crippen LogP contribution is -2.22. The van der Waals surface area contributed by atoms with Gasteiger partial charge in [0.2, 0.25) is 11.8 Å². The predicted molar refractivity (Wildman–Crippen MR) is 102 cm³/mol. The number of nitrogens with zero attached hydrogens (tertiary/aromatic N) is 3. The van der Waals surface area contributed by atoms with Crippen molar-refractivity contribution in [2.45, 2.75) is 12.8 Å². The van der Waals surface area contributed by atoms with Crippen LogP contribution >= 0.6 is 15.9 Å². The Kier molecular flexibility index (Phi) is 4.02. The van der Waals surface area contributed by atoms with E-state index in [0.717, 1.165) is 27.0 Å². The second kappa shape index (κ2) is 6.36. The van der Waals surface area contributed by atoms with Gasteiger partial charge in [0.05, 0.1) is 22.9 Å². The fourth-order valence-corrected chi connectivity index (χ4v) is 3.51. The summed E-state index contributed by atoms with van der Waals surface area (Å²) in [6.07, 6.45) is 0. The van der Waals surface area contributed by atoms with Crippen molar-refractivity contribution in [3.05, 3.63) is 87.3 Å². The summed E-state index contributed by atoms with van der Waals surface area (Å²) in [4.78, 5) is 0. The van der Waals surface area contributed by atoms with Crippen LogP contribution in [0.15, 0.2) is 70.5 Å². The average molecular weight is 407 g/mol. The third-order valence-electron chi connectivity index (χ3n) is 4.44. The van der Waals surface area contributed by atoms with E-state index < -0.39 is 0 Å². The van der Waals surface area contributed by atoms with Crippen LogP contribution in [0.5, 0.6) is 5.88 Å². The fraction of sp³-hybridized carbons (Fsp3) is 0.100. The molecule has 0 radical (unpaired) electrons. The largest absolute Gasteiger partial charge is 0.422 e. The van der Waals surface area contributed by atoms with E-state index in [2.05, 4.69) is 27.1 Å². The summed E-state index contributed by atoms with van der Waals surface area (Å²) in [5, 5.41) is 14.3. The third kappa shape index (κ3) is 2.57. The highest BCUT2D eigenvalue weighted by atomic mass is 79.9. The van der Waals surface area contributed by atoms with Crippen LogP contribution in [0.1, 0.15) is 22.7 Å². The number of nitrogens with two attached hydrogens (primary N) is 1. The Morgan fingerprint density at radius 3 is 2.50 bits per heavy atom. The summed E-state index contributed by atoms with van der Waals surface area (Å²) in [5.74, 6) is 0.359. The highest BCUT2D eigenvalue weighted by Gasteiger charge is 2.36. The number of hydrogen-bond donors (Lipinski definition) is 1. The van der Waals surface area contributed by atoms with Gasteiger partial charge in [-0.3, -0.25) is 0 Å². The summed E-state index contributed by atoms with van der Waals surface area (Å²) in [6, 6.07) is 19.8. The van der Waals surface area contributed by atoms with Gasteiger partial charge in [0, 0.05) is 4.47 Å². The van der Waals surface area contributed by atoms with Crippen molar-refractivity contribution in [1.29, 1.82) is 5.26 Å². The van der Waals surface area contributed by atoms with E-state index >= 15 is 0 Å². The molecule has 2 N–H and O–H groups in total. The number of nitriles is 1. The molecule has 0 saturated heterocycles. The van der Waals surface area contributed by atoms with Gasteiger partial charge in [-0.15, -0.1) is 0 Å². The number of aromatic nitrogens is 2. The first-order chi connectivity index (χ1) is 12.6. The molecular formula is C20H15BrN4O. The van der Waals surface area contributed by atoms with Gasteiger partial charge in [-0.1, -0.05) is 46.3 Å². The quantitative estimate of drug-likeness (QED) is 0.692. The number of fused-ring (bicyclic) bond motifs is 1. The van der Waals surface area contributed by atoms with E-state index in [9.17, 15) is 5.26 Å². The van der Waals surface area contributed by atoms with Crippen LogP contribution in [-0.4, -0.2) is 9.78 Å². The number of aryl methyl sites for hydroxylation is 1. The number of hydrogen-bond acceptors (Lipinski definition) is 4. The summed E-state index contributed by atoms with van der Waals surface area (Å²) < 4.78 is 8.55. The molecule has 0 fully saturated rings. The van der Waals surface area contributed by atoms with Crippen molar-refractivity contribution in [1.82, 2.24) is 9.78 Å². The minimum absolute atomic E-state index is 0.116. The molecule has 26 heavy (non-hydrogen) atoms. The van der Waals surface area contributed by atoms with Crippen LogP contribution in [0.3, 0.4) is 0 Å². The number of para-hydroxylation sites is 1. The topological polar surface area (TPSA) is 76.9 Å². The second-order valence-corrected chi connectivity index (χ2v) is 6.94. The Morgan fingerprint density at radius 2 is 1.85 bits per heavy atom.